The van der Waals surface area contributed by atoms with Crippen molar-refractivity contribution in [2.45, 2.75) is 13.0 Å². The Bertz CT molecular complexity index is 418. The number of hydrogen-bond acceptors (Lipinski definition) is 4. The van der Waals surface area contributed by atoms with Crippen LogP contribution in [0.1, 0.15) is 6.92 Å². The lowest BCUT2D eigenvalue weighted by Crippen LogP contribution is -2.40. The van der Waals surface area contributed by atoms with Gasteiger partial charge >= 0.3 is 5.97 Å². The fourth-order valence-corrected chi connectivity index (χ4v) is 1.07. The van der Waals surface area contributed by atoms with Crippen LogP contribution in [0.2, 0.25) is 0 Å². The molecule has 1 amide bonds. The first-order valence-corrected chi connectivity index (χ1v) is 4.93. The van der Waals surface area contributed by atoms with Gasteiger partial charge in [0.2, 0.25) is 0 Å². The fourth-order valence-electron chi connectivity index (χ4n) is 1.07. The first kappa shape index (κ1) is 12.8. The normalized spacial score (nSPS) is 11.6. The molecule has 0 radical (unpaired) electrons. The average molecular weight is 239 g/mol. The minimum absolute atomic E-state index is 0.0772. The lowest BCUT2D eigenvalue weighted by Gasteiger charge is -2.10. The first-order chi connectivity index (χ1) is 8.00. The van der Waals surface area contributed by atoms with E-state index in [2.05, 4.69) is 5.32 Å². The van der Waals surface area contributed by atoms with Gasteiger partial charge in [0, 0.05) is 0 Å². The molecular weight excluding hydrogens is 226 g/mol. The third kappa shape index (κ3) is 4.02. The maximum Gasteiger partial charge on any atom is 0.325 e. The maximum absolute atomic E-state index is 11.3. The summed E-state index contributed by atoms with van der Waals surface area (Å²) in [6.45, 7) is 0.995. The highest BCUT2D eigenvalue weighted by Gasteiger charge is 2.14. The first-order valence-electron chi connectivity index (χ1n) is 4.93. The molecule has 0 aliphatic heterocycles. The van der Waals surface area contributed by atoms with Crippen LogP contribution in [0.25, 0.3) is 0 Å². The zero-order valence-electron chi connectivity index (χ0n) is 9.21. The summed E-state index contributed by atoms with van der Waals surface area (Å²) in [6, 6.07) is 5.22. The Morgan fingerprint density at radius 1 is 1.41 bits per heavy atom. The van der Waals surface area contributed by atoms with Crippen LogP contribution in [0.15, 0.2) is 24.3 Å². The number of carbonyl (C=O) groups excluding carboxylic acids is 1. The molecule has 0 fully saturated rings. The van der Waals surface area contributed by atoms with Crippen LogP contribution < -0.4 is 10.1 Å². The molecule has 0 saturated heterocycles. The molecule has 6 heteroatoms. The third-order valence-electron chi connectivity index (χ3n) is 1.97. The van der Waals surface area contributed by atoms with Gasteiger partial charge in [-0.15, -0.1) is 0 Å². The Morgan fingerprint density at radius 2 is 2.06 bits per heavy atom. The van der Waals surface area contributed by atoms with E-state index in [1.807, 2.05) is 0 Å². The van der Waals surface area contributed by atoms with Crippen molar-refractivity contribution in [3.8, 4) is 11.5 Å². The van der Waals surface area contributed by atoms with Crippen molar-refractivity contribution in [3.05, 3.63) is 24.3 Å². The van der Waals surface area contributed by atoms with E-state index in [0.717, 1.165) is 0 Å². The van der Waals surface area contributed by atoms with Crippen LogP contribution in [0.3, 0.4) is 0 Å². The van der Waals surface area contributed by atoms with E-state index >= 15 is 0 Å². The van der Waals surface area contributed by atoms with Gasteiger partial charge in [0.1, 0.15) is 6.04 Å². The molecule has 0 aromatic heterocycles. The van der Waals surface area contributed by atoms with Crippen molar-refractivity contribution in [1.82, 2.24) is 5.32 Å². The molecule has 3 N–H and O–H groups in total. The second-order valence-electron chi connectivity index (χ2n) is 3.38. The van der Waals surface area contributed by atoms with Crippen molar-refractivity contribution >= 4 is 11.9 Å². The highest BCUT2D eigenvalue weighted by atomic mass is 16.5. The number of aliphatic carboxylic acids is 1. The number of para-hydroxylation sites is 2. The van der Waals surface area contributed by atoms with Crippen LogP contribution in [0.5, 0.6) is 11.5 Å². The number of aromatic hydroxyl groups is 1. The molecule has 0 aliphatic rings. The smallest absolute Gasteiger partial charge is 0.325 e. The van der Waals surface area contributed by atoms with E-state index in [0.29, 0.717) is 0 Å². The molecule has 0 unspecified atom stereocenters. The number of phenolic OH excluding ortho intramolecular Hbond substituents is 1. The number of phenols is 1. The van der Waals surface area contributed by atoms with Gasteiger partial charge in [-0.05, 0) is 19.1 Å². The molecule has 1 rings (SSSR count). The zero-order valence-corrected chi connectivity index (χ0v) is 9.21. The molecule has 1 atom stereocenters. The lowest BCUT2D eigenvalue weighted by molar-refractivity contribution is -0.141. The third-order valence-corrected chi connectivity index (χ3v) is 1.97. The van der Waals surface area contributed by atoms with E-state index in [-0.39, 0.29) is 18.1 Å². The van der Waals surface area contributed by atoms with Gasteiger partial charge in [0.25, 0.3) is 5.91 Å². The van der Waals surface area contributed by atoms with Crippen LogP contribution >= 0.6 is 0 Å². The SMILES string of the molecule is C[C@@H](NC(=O)COc1ccccc1O)C(=O)O. The molecule has 17 heavy (non-hydrogen) atoms. The van der Waals surface area contributed by atoms with Crippen LogP contribution in [0.4, 0.5) is 0 Å². The van der Waals surface area contributed by atoms with Gasteiger partial charge in [0.05, 0.1) is 0 Å². The second kappa shape index (κ2) is 5.74. The molecule has 1 aromatic carbocycles. The van der Waals surface area contributed by atoms with Crippen molar-refractivity contribution in [3.63, 3.8) is 0 Å². The van der Waals surface area contributed by atoms with Crippen LogP contribution in [-0.4, -0.2) is 34.7 Å². The van der Waals surface area contributed by atoms with Gasteiger partial charge in [-0.25, -0.2) is 0 Å². The van der Waals surface area contributed by atoms with Gasteiger partial charge < -0.3 is 20.3 Å². The zero-order chi connectivity index (χ0) is 12.8. The molecule has 0 aliphatic carbocycles. The molecule has 0 heterocycles. The highest BCUT2D eigenvalue weighted by Crippen LogP contribution is 2.23. The Morgan fingerprint density at radius 3 is 2.65 bits per heavy atom. The Labute approximate surface area is 97.8 Å². The predicted molar refractivity (Wildman–Crippen MR) is 58.8 cm³/mol. The average Bonchev–Trinajstić information content (AvgIpc) is 2.27. The highest BCUT2D eigenvalue weighted by molar-refractivity contribution is 5.84. The number of nitrogens with one attached hydrogen (secondary N) is 1. The number of carboxylic acid groups (broad SMARTS) is 1. The summed E-state index contributed by atoms with van der Waals surface area (Å²) >= 11 is 0. The molecule has 92 valence electrons. The standard InChI is InChI=1S/C11H13NO5/c1-7(11(15)16)12-10(14)6-17-9-5-3-2-4-8(9)13/h2-5,7,13H,6H2,1H3,(H,12,14)(H,15,16)/t7-/m1/s1. The molecule has 1 aromatic rings. The monoisotopic (exact) mass is 239 g/mol. The summed E-state index contributed by atoms with van der Waals surface area (Å²) in [5.41, 5.74) is 0. The van der Waals surface area contributed by atoms with E-state index in [9.17, 15) is 14.7 Å². The van der Waals surface area contributed by atoms with E-state index in [1.165, 1.54) is 19.1 Å². The number of amides is 1. The van der Waals surface area contributed by atoms with E-state index in [4.69, 9.17) is 9.84 Å². The Kier molecular flexibility index (Phi) is 4.33. The van der Waals surface area contributed by atoms with Crippen LogP contribution in [0, 0.1) is 0 Å². The van der Waals surface area contributed by atoms with Gasteiger partial charge in [-0.2, -0.15) is 0 Å². The summed E-state index contributed by atoms with van der Waals surface area (Å²) in [7, 11) is 0. The minimum atomic E-state index is -1.12. The Balaban J connectivity index is 2.44. The van der Waals surface area contributed by atoms with E-state index < -0.39 is 17.9 Å². The summed E-state index contributed by atoms with van der Waals surface area (Å²) in [5, 5.41) is 20.1. The maximum atomic E-state index is 11.3. The molecule has 0 spiro atoms. The lowest BCUT2D eigenvalue weighted by atomic mass is 10.3. The van der Waals surface area contributed by atoms with Crippen molar-refractivity contribution < 1.29 is 24.5 Å². The number of carbonyl (C=O) groups is 2. The number of rotatable bonds is 5. The quantitative estimate of drug-likeness (QED) is 0.689. The van der Waals surface area contributed by atoms with Gasteiger partial charge in [-0.1, -0.05) is 12.1 Å². The molecular formula is C11H13NO5. The summed E-state index contributed by atoms with van der Waals surface area (Å²) < 4.78 is 5.02. The topological polar surface area (TPSA) is 95.9 Å². The second-order valence-corrected chi connectivity index (χ2v) is 3.38. The molecule has 0 bridgehead atoms. The molecule has 6 nitrogen and oxygen atoms in total. The van der Waals surface area contributed by atoms with Crippen molar-refractivity contribution in [2.75, 3.05) is 6.61 Å². The summed E-state index contributed by atoms with van der Waals surface area (Å²) in [6.07, 6.45) is 0. The van der Waals surface area contributed by atoms with Gasteiger partial charge in [-0.3, -0.25) is 9.59 Å². The van der Waals surface area contributed by atoms with E-state index in [1.54, 1.807) is 12.1 Å². The minimum Gasteiger partial charge on any atom is -0.504 e. The van der Waals surface area contributed by atoms with Crippen molar-refractivity contribution in [1.29, 1.82) is 0 Å². The Hall–Kier alpha value is -2.24. The largest absolute Gasteiger partial charge is 0.504 e. The summed E-state index contributed by atoms with van der Waals surface area (Å²) in [4.78, 5) is 21.7. The van der Waals surface area contributed by atoms with Gasteiger partial charge in [0.15, 0.2) is 18.1 Å². The fraction of sp³-hybridized carbons (Fsp3) is 0.273. The van der Waals surface area contributed by atoms with Crippen molar-refractivity contribution in [2.24, 2.45) is 0 Å². The molecule has 0 saturated carbocycles. The predicted octanol–water partition coefficient (Wildman–Crippen LogP) is 0.360. The van der Waals surface area contributed by atoms with Crippen LogP contribution in [-0.2, 0) is 9.59 Å². The number of benzene rings is 1. The number of ether oxygens (including phenoxy) is 1. The summed E-state index contributed by atoms with van der Waals surface area (Å²) in [5.74, 6) is -1.60. The number of carboxylic acids is 1. The number of hydrogen-bond donors (Lipinski definition) is 3.